The Balaban J connectivity index is 1.62. The van der Waals surface area contributed by atoms with E-state index in [1.165, 1.54) is 33.7 Å². The molecule has 3 aliphatic rings. The van der Waals surface area contributed by atoms with Crippen LogP contribution in [0.1, 0.15) is 22.8 Å². The molecule has 0 N–H and O–H groups in total. The van der Waals surface area contributed by atoms with Crippen molar-refractivity contribution in [2.24, 2.45) is 0 Å². The molecule has 0 aliphatic carbocycles. The van der Waals surface area contributed by atoms with Gasteiger partial charge >= 0.3 is 0 Å². The molecule has 0 bridgehead atoms. The van der Waals surface area contributed by atoms with Crippen molar-refractivity contribution in [2.45, 2.75) is 22.7 Å². The second-order valence-corrected chi connectivity index (χ2v) is 11.4. The Morgan fingerprint density at radius 2 is 1.95 bits per heavy atom. The monoisotopic (exact) mass is 537 g/mol. The lowest BCUT2D eigenvalue weighted by atomic mass is 9.72. The topological polar surface area (TPSA) is 66.2 Å². The lowest BCUT2D eigenvalue weighted by Crippen LogP contribution is -2.62. The molecule has 2 saturated heterocycles. The maximum absolute atomic E-state index is 14.8. The number of thiocarbonyl (C=S) groups is 1. The number of carbonyl (C=O) groups is 2. The number of furan rings is 1. The normalized spacial score (nSPS) is 27.2. The van der Waals surface area contributed by atoms with Crippen molar-refractivity contribution in [1.29, 1.82) is 0 Å². The highest BCUT2D eigenvalue weighted by Crippen LogP contribution is 2.66. The molecular formula is C27H24FN3O4S2. The fraction of sp³-hybridized carbons (Fsp3) is 0.296. The predicted molar refractivity (Wildman–Crippen MR) is 142 cm³/mol. The minimum Gasteiger partial charge on any atom is -0.497 e. The Bertz CT molecular complexity index is 1450. The largest absolute Gasteiger partial charge is 0.497 e. The first kappa shape index (κ1) is 24.1. The van der Waals surface area contributed by atoms with Gasteiger partial charge in [0.25, 0.3) is 5.91 Å². The van der Waals surface area contributed by atoms with Gasteiger partial charge in [-0.15, -0.1) is 0 Å². The van der Waals surface area contributed by atoms with Gasteiger partial charge in [-0.1, -0.05) is 36.1 Å². The Kier molecular flexibility index (Phi) is 5.48. The van der Waals surface area contributed by atoms with E-state index < -0.39 is 22.0 Å². The molecule has 6 rings (SSSR count). The van der Waals surface area contributed by atoms with Gasteiger partial charge in [0.1, 0.15) is 26.4 Å². The number of hydrogen-bond acceptors (Lipinski definition) is 7. The van der Waals surface area contributed by atoms with Gasteiger partial charge in [0.15, 0.2) is 5.54 Å². The number of amides is 2. The maximum atomic E-state index is 14.8. The van der Waals surface area contributed by atoms with Crippen molar-refractivity contribution in [3.63, 3.8) is 0 Å². The fourth-order valence-corrected chi connectivity index (χ4v) is 8.35. The van der Waals surface area contributed by atoms with Crippen molar-refractivity contribution in [2.75, 3.05) is 32.6 Å². The predicted octanol–water partition coefficient (Wildman–Crippen LogP) is 4.13. The molecule has 37 heavy (non-hydrogen) atoms. The van der Waals surface area contributed by atoms with E-state index in [4.69, 9.17) is 21.4 Å². The number of methoxy groups -OCH3 is 1. The number of nitrogens with zero attached hydrogens (tertiary/aromatic N) is 3. The molecule has 0 saturated carbocycles. The van der Waals surface area contributed by atoms with E-state index in [1.54, 1.807) is 38.6 Å². The molecule has 3 atom stereocenters. The molecular weight excluding hydrogens is 513 g/mol. The SMILES string of the molecule is COc1cccc([C@@H]2CN(C)[C@@]3(C(=O)N(C)c4ccc(F)cc43)[C@@]23SC(=S)N(Cc2ccco2)C3=O)c1. The third-order valence-electron chi connectivity index (χ3n) is 7.80. The number of anilines is 1. The summed E-state index contributed by atoms with van der Waals surface area (Å²) in [7, 11) is 5.07. The van der Waals surface area contributed by atoms with Crippen LogP contribution in [0.5, 0.6) is 5.75 Å². The van der Waals surface area contributed by atoms with Crippen LogP contribution in [0.25, 0.3) is 0 Å². The maximum Gasteiger partial charge on any atom is 0.254 e. The van der Waals surface area contributed by atoms with Crippen molar-refractivity contribution < 1.29 is 23.1 Å². The average molecular weight is 538 g/mol. The minimum absolute atomic E-state index is 0.143. The number of benzene rings is 2. The van der Waals surface area contributed by atoms with Crippen LogP contribution in [0.3, 0.4) is 0 Å². The summed E-state index contributed by atoms with van der Waals surface area (Å²) in [4.78, 5) is 34.0. The number of ether oxygens (including phenoxy) is 1. The molecule has 2 aromatic carbocycles. The highest BCUT2D eigenvalue weighted by Gasteiger charge is 2.78. The van der Waals surface area contributed by atoms with Gasteiger partial charge in [-0.25, -0.2) is 4.39 Å². The molecule has 0 unspecified atom stereocenters. The summed E-state index contributed by atoms with van der Waals surface area (Å²) in [6, 6.07) is 15.4. The van der Waals surface area contributed by atoms with Crippen molar-refractivity contribution in [1.82, 2.24) is 9.80 Å². The van der Waals surface area contributed by atoms with E-state index in [0.717, 1.165) is 5.56 Å². The smallest absolute Gasteiger partial charge is 0.254 e. The van der Waals surface area contributed by atoms with Crippen LogP contribution in [0, 0.1) is 5.82 Å². The van der Waals surface area contributed by atoms with E-state index in [1.807, 2.05) is 36.2 Å². The molecule has 4 heterocycles. The first-order chi connectivity index (χ1) is 17.8. The van der Waals surface area contributed by atoms with Crippen LogP contribution in [0.15, 0.2) is 65.3 Å². The van der Waals surface area contributed by atoms with Gasteiger partial charge in [-0.2, -0.15) is 0 Å². The molecule has 7 nitrogen and oxygen atoms in total. The van der Waals surface area contributed by atoms with Gasteiger partial charge in [0, 0.05) is 30.8 Å². The first-order valence-electron chi connectivity index (χ1n) is 11.8. The van der Waals surface area contributed by atoms with E-state index in [2.05, 4.69) is 0 Å². The van der Waals surface area contributed by atoms with Gasteiger partial charge < -0.3 is 14.1 Å². The molecule has 2 spiro atoms. The molecule has 190 valence electrons. The number of thioether (sulfide) groups is 1. The van der Waals surface area contributed by atoms with Gasteiger partial charge in [-0.05, 0) is 55.1 Å². The van der Waals surface area contributed by atoms with Crippen LogP contribution in [0.4, 0.5) is 10.1 Å². The summed E-state index contributed by atoms with van der Waals surface area (Å²) in [5, 5.41) is 0. The van der Waals surface area contributed by atoms with Gasteiger partial charge in [0.2, 0.25) is 5.91 Å². The highest BCUT2D eigenvalue weighted by molar-refractivity contribution is 8.25. The first-order valence-corrected chi connectivity index (χ1v) is 13.0. The quantitative estimate of drug-likeness (QED) is 0.464. The van der Waals surface area contributed by atoms with E-state index in [0.29, 0.717) is 33.6 Å². The molecule has 2 fully saturated rings. The third-order valence-corrected chi connectivity index (χ3v) is 9.74. The van der Waals surface area contributed by atoms with Crippen LogP contribution in [-0.4, -0.2) is 58.4 Å². The molecule has 10 heteroatoms. The van der Waals surface area contributed by atoms with Crippen molar-refractivity contribution in [3.05, 3.63) is 83.6 Å². The number of likely N-dealkylation sites (N-methyl/N-ethyl adjacent to an activating group) is 2. The Hall–Kier alpha value is -3.21. The number of fused-ring (bicyclic) bond motifs is 3. The molecule has 0 radical (unpaired) electrons. The third kappa shape index (κ3) is 3.06. The van der Waals surface area contributed by atoms with Crippen molar-refractivity contribution >= 4 is 45.8 Å². The number of carbonyl (C=O) groups excluding carboxylic acids is 2. The zero-order valence-electron chi connectivity index (χ0n) is 20.4. The minimum atomic E-state index is -1.48. The molecule has 1 aromatic heterocycles. The second kappa shape index (κ2) is 8.41. The standard InChI is InChI=1S/C27H24FN3O4S2/c1-29-15-21(16-6-4-7-18(12-16)34-3)27(24(33)31(25(36)37-27)14-19-8-5-11-35-19)26(29)20-13-17(28)9-10-22(20)30(2)23(26)32/h4-13,21H,14-15H2,1-3H3/t21-,26-,27+/m0/s1. The van der Waals surface area contributed by atoms with Crippen LogP contribution < -0.4 is 9.64 Å². The summed E-state index contributed by atoms with van der Waals surface area (Å²) >= 11 is 7.00. The van der Waals surface area contributed by atoms with Crippen LogP contribution >= 0.6 is 24.0 Å². The van der Waals surface area contributed by atoms with Crippen LogP contribution in [-0.2, 0) is 21.7 Å². The molecule has 3 aliphatic heterocycles. The fourth-order valence-electron chi connectivity index (χ4n) is 6.22. The number of rotatable bonds is 4. The number of halogens is 1. The Morgan fingerprint density at radius 1 is 1.14 bits per heavy atom. The summed E-state index contributed by atoms with van der Waals surface area (Å²) in [5.41, 5.74) is 0.410. The molecule has 2 amide bonds. The summed E-state index contributed by atoms with van der Waals surface area (Å²) < 4.78 is 24.7. The highest BCUT2D eigenvalue weighted by atomic mass is 32.2. The van der Waals surface area contributed by atoms with E-state index in [-0.39, 0.29) is 18.4 Å². The van der Waals surface area contributed by atoms with Crippen LogP contribution in [0.2, 0.25) is 0 Å². The number of likely N-dealkylation sites (tertiary alicyclic amines) is 1. The zero-order chi connectivity index (χ0) is 26.1. The number of hydrogen-bond donors (Lipinski definition) is 0. The van der Waals surface area contributed by atoms with E-state index in [9.17, 15) is 14.0 Å². The lowest BCUT2D eigenvalue weighted by molar-refractivity contribution is -0.139. The Morgan fingerprint density at radius 3 is 2.68 bits per heavy atom. The summed E-state index contributed by atoms with van der Waals surface area (Å²) in [5.74, 6) is -0.285. The van der Waals surface area contributed by atoms with Gasteiger partial charge in [0.05, 0.1) is 19.9 Å². The second-order valence-electron chi connectivity index (χ2n) is 9.52. The zero-order valence-corrected chi connectivity index (χ0v) is 22.1. The molecule has 3 aromatic rings. The average Bonchev–Trinajstić information content (AvgIpc) is 3.61. The summed E-state index contributed by atoms with van der Waals surface area (Å²) in [6.07, 6.45) is 1.54. The Labute approximate surface area is 223 Å². The summed E-state index contributed by atoms with van der Waals surface area (Å²) in [6.45, 7) is 0.517. The van der Waals surface area contributed by atoms with E-state index >= 15 is 0 Å². The lowest BCUT2D eigenvalue weighted by Gasteiger charge is -2.42. The van der Waals surface area contributed by atoms with Gasteiger partial charge in [-0.3, -0.25) is 19.4 Å². The van der Waals surface area contributed by atoms with Crippen molar-refractivity contribution in [3.8, 4) is 5.75 Å².